The third-order valence-corrected chi connectivity index (χ3v) is 3.66. The first kappa shape index (κ1) is 18.3. The van der Waals surface area contributed by atoms with E-state index < -0.39 is 5.91 Å². The van der Waals surface area contributed by atoms with Crippen molar-refractivity contribution in [1.82, 2.24) is 20.6 Å². The van der Waals surface area contributed by atoms with E-state index in [1.54, 1.807) is 14.0 Å². The summed E-state index contributed by atoms with van der Waals surface area (Å²) < 4.78 is 0. The van der Waals surface area contributed by atoms with Crippen LogP contribution in [0, 0.1) is 0 Å². The van der Waals surface area contributed by atoms with Crippen LogP contribution in [0.4, 0.5) is 11.5 Å². The van der Waals surface area contributed by atoms with Crippen molar-refractivity contribution >= 4 is 23.3 Å². The number of likely N-dealkylation sites (N-methyl/N-ethyl adjacent to an activating group) is 1. The molecule has 0 bridgehead atoms. The Morgan fingerprint density at radius 2 is 2.00 bits per heavy atom. The van der Waals surface area contributed by atoms with Gasteiger partial charge in [0.1, 0.15) is 0 Å². The molecule has 0 aliphatic rings. The van der Waals surface area contributed by atoms with E-state index in [0.717, 1.165) is 11.3 Å². The van der Waals surface area contributed by atoms with Crippen LogP contribution in [0.3, 0.4) is 0 Å². The summed E-state index contributed by atoms with van der Waals surface area (Å²) in [6, 6.07) is 7.40. The lowest BCUT2D eigenvalue weighted by Crippen LogP contribution is -2.41. The SMILES string of the molecule is CN[C@@H](C)C(=O)NCCc1cccc(Nc2nccnc2C(N)=O)c1. The lowest BCUT2D eigenvalue weighted by atomic mass is 10.1. The van der Waals surface area contributed by atoms with E-state index in [4.69, 9.17) is 5.73 Å². The largest absolute Gasteiger partial charge is 0.364 e. The summed E-state index contributed by atoms with van der Waals surface area (Å²) in [5, 5.41) is 8.81. The summed E-state index contributed by atoms with van der Waals surface area (Å²) in [5.74, 6) is -0.376. The van der Waals surface area contributed by atoms with Crippen molar-refractivity contribution in [3.63, 3.8) is 0 Å². The van der Waals surface area contributed by atoms with Crippen molar-refractivity contribution in [1.29, 1.82) is 0 Å². The van der Waals surface area contributed by atoms with Gasteiger partial charge in [-0.15, -0.1) is 0 Å². The standard InChI is InChI=1S/C17H22N6O2/c1-11(19-2)17(25)22-7-6-12-4-3-5-13(10-12)23-16-14(15(18)24)20-8-9-21-16/h3-5,8-11,19H,6-7H2,1-2H3,(H2,18,24)(H,21,23)(H,22,25)/t11-/m0/s1. The van der Waals surface area contributed by atoms with Gasteiger partial charge < -0.3 is 21.7 Å². The van der Waals surface area contributed by atoms with Crippen LogP contribution >= 0.6 is 0 Å². The lowest BCUT2D eigenvalue weighted by molar-refractivity contribution is -0.122. The van der Waals surface area contributed by atoms with E-state index in [2.05, 4.69) is 25.9 Å². The van der Waals surface area contributed by atoms with Gasteiger partial charge in [-0.1, -0.05) is 12.1 Å². The van der Waals surface area contributed by atoms with Crippen LogP contribution in [0.15, 0.2) is 36.7 Å². The van der Waals surface area contributed by atoms with Crippen LogP contribution in [0.5, 0.6) is 0 Å². The maximum absolute atomic E-state index is 11.7. The van der Waals surface area contributed by atoms with Gasteiger partial charge in [0.05, 0.1) is 6.04 Å². The number of amides is 2. The Morgan fingerprint density at radius 3 is 2.72 bits per heavy atom. The molecule has 1 atom stereocenters. The highest BCUT2D eigenvalue weighted by Crippen LogP contribution is 2.18. The lowest BCUT2D eigenvalue weighted by Gasteiger charge is -2.12. The second kappa shape index (κ2) is 8.74. The monoisotopic (exact) mass is 342 g/mol. The topological polar surface area (TPSA) is 122 Å². The second-order valence-electron chi connectivity index (χ2n) is 5.49. The minimum absolute atomic E-state index is 0.0394. The van der Waals surface area contributed by atoms with Crippen molar-refractivity contribution < 1.29 is 9.59 Å². The van der Waals surface area contributed by atoms with E-state index >= 15 is 0 Å². The Labute approximate surface area is 146 Å². The second-order valence-corrected chi connectivity index (χ2v) is 5.49. The van der Waals surface area contributed by atoms with Crippen LogP contribution < -0.4 is 21.7 Å². The molecule has 0 aliphatic carbocycles. The Bertz CT molecular complexity index is 749. The molecule has 0 fully saturated rings. The van der Waals surface area contributed by atoms with Gasteiger partial charge in [-0.25, -0.2) is 9.97 Å². The molecule has 2 aromatic rings. The van der Waals surface area contributed by atoms with E-state index in [1.165, 1.54) is 12.4 Å². The highest BCUT2D eigenvalue weighted by molar-refractivity contribution is 5.96. The average Bonchev–Trinajstić information content (AvgIpc) is 2.61. The van der Waals surface area contributed by atoms with Gasteiger partial charge >= 0.3 is 0 Å². The molecule has 8 heteroatoms. The number of hydrogen-bond donors (Lipinski definition) is 4. The van der Waals surface area contributed by atoms with Crippen molar-refractivity contribution in [2.24, 2.45) is 5.73 Å². The van der Waals surface area contributed by atoms with Crippen molar-refractivity contribution in [3.8, 4) is 0 Å². The first-order valence-corrected chi connectivity index (χ1v) is 7.93. The molecule has 0 aliphatic heterocycles. The number of hydrogen-bond acceptors (Lipinski definition) is 6. The summed E-state index contributed by atoms with van der Waals surface area (Å²) >= 11 is 0. The minimum atomic E-state index is -0.645. The van der Waals surface area contributed by atoms with Crippen LogP contribution in [-0.2, 0) is 11.2 Å². The van der Waals surface area contributed by atoms with Gasteiger partial charge in [-0.3, -0.25) is 9.59 Å². The van der Waals surface area contributed by atoms with Crippen LogP contribution in [-0.4, -0.2) is 41.4 Å². The third kappa shape index (κ3) is 5.25. The van der Waals surface area contributed by atoms with E-state index in [9.17, 15) is 9.59 Å². The fourth-order valence-electron chi connectivity index (χ4n) is 2.17. The molecular weight excluding hydrogens is 320 g/mol. The predicted octanol–water partition coefficient (Wildman–Crippen LogP) is 0.586. The van der Waals surface area contributed by atoms with Gasteiger partial charge in [0, 0.05) is 24.6 Å². The summed E-state index contributed by atoms with van der Waals surface area (Å²) in [4.78, 5) is 31.2. The number of benzene rings is 1. The third-order valence-electron chi connectivity index (χ3n) is 3.66. The molecule has 2 amide bonds. The quantitative estimate of drug-likeness (QED) is 0.557. The summed E-state index contributed by atoms with van der Waals surface area (Å²) in [7, 11) is 1.74. The molecule has 0 spiro atoms. The van der Waals surface area contributed by atoms with Gasteiger partial charge in [0.15, 0.2) is 11.5 Å². The highest BCUT2D eigenvalue weighted by Gasteiger charge is 2.11. The first-order chi connectivity index (χ1) is 12.0. The molecule has 132 valence electrons. The Hall–Kier alpha value is -3.00. The number of anilines is 2. The van der Waals surface area contributed by atoms with Gasteiger partial charge in [-0.2, -0.15) is 0 Å². The van der Waals surface area contributed by atoms with Crippen LogP contribution in [0.1, 0.15) is 23.0 Å². The van der Waals surface area contributed by atoms with Gasteiger partial charge in [0.2, 0.25) is 5.91 Å². The Balaban J connectivity index is 2.00. The van der Waals surface area contributed by atoms with Gasteiger partial charge in [0.25, 0.3) is 5.91 Å². The van der Waals surface area contributed by atoms with Crippen molar-refractivity contribution in [2.45, 2.75) is 19.4 Å². The van der Waals surface area contributed by atoms with Gasteiger partial charge in [-0.05, 0) is 38.1 Å². The Kier molecular flexibility index (Phi) is 6.41. The molecule has 5 N–H and O–H groups in total. The molecule has 2 rings (SSSR count). The maximum atomic E-state index is 11.7. The van der Waals surface area contributed by atoms with Crippen molar-refractivity contribution in [3.05, 3.63) is 47.9 Å². The zero-order valence-electron chi connectivity index (χ0n) is 14.2. The van der Waals surface area contributed by atoms with E-state index in [-0.39, 0.29) is 17.6 Å². The maximum Gasteiger partial charge on any atom is 0.271 e. The number of carbonyl (C=O) groups excluding carboxylic acids is 2. The average molecular weight is 342 g/mol. The highest BCUT2D eigenvalue weighted by atomic mass is 16.2. The zero-order chi connectivity index (χ0) is 18.2. The van der Waals surface area contributed by atoms with Crippen molar-refractivity contribution in [2.75, 3.05) is 18.9 Å². The zero-order valence-corrected chi connectivity index (χ0v) is 14.2. The number of nitrogens with one attached hydrogen (secondary N) is 3. The van der Waals surface area contributed by atoms with E-state index in [1.807, 2.05) is 24.3 Å². The number of nitrogens with zero attached hydrogens (tertiary/aromatic N) is 2. The number of carbonyl (C=O) groups is 2. The minimum Gasteiger partial charge on any atom is -0.364 e. The summed E-state index contributed by atoms with van der Waals surface area (Å²) in [6.07, 6.45) is 3.58. The summed E-state index contributed by atoms with van der Waals surface area (Å²) in [6.45, 7) is 2.34. The number of nitrogens with two attached hydrogens (primary N) is 1. The van der Waals surface area contributed by atoms with E-state index in [0.29, 0.717) is 18.8 Å². The molecular formula is C17H22N6O2. The van der Waals surface area contributed by atoms with Crippen LogP contribution in [0.2, 0.25) is 0 Å². The first-order valence-electron chi connectivity index (χ1n) is 7.93. The molecule has 1 aromatic carbocycles. The molecule has 25 heavy (non-hydrogen) atoms. The summed E-state index contributed by atoms with van der Waals surface area (Å²) in [5.41, 5.74) is 7.18. The fraction of sp³-hybridized carbons (Fsp3) is 0.294. The molecule has 1 heterocycles. The predicted molar refractivity (Wildman–Crippen MR) is 95.5 cm³/mol. The van der Waals surface area contributed by atoms with Crippen LogP contribution in [0.25, 0.3) is 0 Å². The molecule has 0 unspecified atom stereocenters. The number of primary amides is 1. The molecule has 0 saturated heterocycles. The Morgan fingerprint density at radius 1 is 1.24 bits per heavy atom. The molecule has 8 nitrogen and oxygen atoms in total. The molecule has 0 radical (unpaired) electrons. The normalized spacial score (nSPS) is 11.6. The molecule has 0 saturated carbocycles. The molecule has 1 aromatic heterocycles. The smallest absolute Gasteiger partial charge is 0.271 e. The fourth-order valence-corrected chi connectivity index (χ4v) is 2.17. The number of rotatable bonds is 8. The number of aromatic nitrogens is 2.